The topological polar surface area (TPSA) is 83.0 Å². The zero-order chi connectivity index (χ0) is 21.4. The number of guanidine groups is 1. The largest absolute Gasteiger partial charge is 0.497 e. The summed E-state index contributed by atoms with van der Waals surface area (Å²) in [5, 5.41) is 6.56. The van der Waals surface area contributed by atoms with Crippen LogP contribution in [0.2, 0.25) is 0 Å². The van der Waals surface area contributed by atoms with Gasteiger partial charge >= 0.3 is 0 Å². The van der Waals surface area contributed by atoms with E-state index in [4.69, 9.17) is 4.74 Å². The molecule has 3 rings (SSSR count). The monoisotopic (exact) mass is 558 g/mol. The van der Waals surface area contributed by atoms with Crippen molar-refractivity contribution in [3.8, 4) is 5.75 Å². The first-order chi connectivity index (χ1) is 14.5. The van der Waals surface area contributed by atoms with Gasteiger partial charge in [-0.2, -0.15) is 4.31 Å². The predicted octanol–water partition coefficient (Wildman–Crippen LogP) is 3.01. The Hall–Kier alpha value is -1.85. The van der Waals surface area contributed by atoms with Crippen LogP contribution in [0.4, 0.5) is 0 Å². The molecule has 1 aliphatic heterocycles. The minimum atomic E-state index is -3.37. The molecule has 1 fully saturated rings. The highest BCUT2D eigenvalue weighted by molar-refractivity contribution is 14.0. The predicted molar refractivity (Wildman–Crippen MR) is 135 cm³/mol. The molecule has 1 aliphatic rings. The van der Waals surface area contributed by atoms with E-state index >= 15 is 0 Å². The van der Waals surface area contributed by atoms with Gasteiger partial charge in [0.05, 0.1) is 12.0 Å². The number of rotatable bonds is 8. The van der Waals surface area contributed by atoms with Gasteiger partial charge in [-0.3, -0.25) is 4.99 Å². The number of nitrogens with one attached hydrogen (secondary N) is 2. The molecule has 1 heterocycles. The number of ether oxygens (including phenoxy) is 1. The first-order valence-corrected chi connectivity index (χ1v) is 11.6. The average molecular weight is 558 g/mol. The molecule has 0 saturated carbocycles. The first kappa shape index (κ1) is 25.4. The summed E-state index contributed by atoms with van der Waals surface area (Å²) >= 11 is 0. The number of aliphatic imine (C=N–C) groups is 1. The van der Waals surface area contributed by atoms with E-state index in [2.05, 4.69) is 27.8 Å². The third kappa shape index (κ3) is 7.08. The molecule has 7 nitrogen and oxygen atoms in total. The SMILES string of the molecule is CN=C(NCCc1ccc(OC)cc1)NCc1ccc(S(=O)(=O)N2CCCC2)cc1.I. The van der Waals surface area contributed by atoms with Gasteiger partial charge in [-0.05, 0) is 54.7 Å². The Bertz CT molecular complexity index is 942. The first-order valence-electron chi connectivity index (χ1n) is 10.2. The van der Waals surface area contributed by atoms with Crippen molar-refractivity contribution in [2.24, 2.45) is 4.99 Å². The van der Waals surface area contributed by atoms with E-state index < -0.39 is 10.0 Å². The Morgan fingerprint density at radius 1 is 1.00 bits per heavy atom. The lowest BCUT2D eigenvalue weighted by atomic mass is 10.1. The molecule has 0 atom stereocenters. The number of benzene rings is 2. The summed E-state index contributed by atoms with van der Waals surface area (Å²) in [6, 6.07) is 15.1. The van der Waals surface area contributed by atoms with Crippen molar-refractivity contribution in [2.75, 3.05) is 33.8 Å². The fourth-order valence-electron chi connectivity index (χ4n) is 3.38. The molecule has 9 heteroatoms. The molecule has 2 aromatic rings. The van der Waals surface area contributed by atoms with Crippen LogP contribution in [0.25, 0.3) is 0 Å². The summed E-state index contributed by atoms with van der Waals surface area (Å²) in [5.74, 6) is 1.56. The molecule has 2 aromatic carbocycles. The van der Waals surface area contributed by atoms with Gasteiger partial charge in [-0.15, -0.1) is 24.0 Å². The molecule has 0 bridgehead atoms. The van der Waals surface area contributed by atoms with E-state index in [1.807, 2.05) is 24.3 Å². The quantitative estimate of drug-likeness (QED) is 0.296. The molecule has 0 spiro atoms. The van der Waals surface area contributed by atoms with Gasteiger partial charge in [-0.25, -0.2) is 8.42 Å². The van der Waals surface area contributed by atoms with Crippen molar-refractivity contribution in [1.29, 1.82) is 0 Å². The summed E-state index contributed by atoms with van der Waals surface area (Å²) in [7, 11) is 0.0243. The summed E-state index contributed by atoms with van der Waals surface area (Å²) in [5.41, 5.74) is 2.21. The van der Waals surface area contributed by atoms with Crippen LogP contribution in [0, 0.1) is 0 Å². The van der Waals surface area contributed by atoms with E-state index in [9.17, 15) is 8.42 Å². The Morgan fingerprint density at radius 3 is 2.19 bits per heavy atom. The fraction of sp³-hybridized carbons (Fsp3) is 0.409. The van der Waals surface area contributed by atoms with Crippen molar-refractivity contribution in [3.63, 3.8) is 0 Å². The standard InChI is InChI=1S/C22H30N4O3S.HI/c1-23-22(24-14-13-18-5-9-20(29-2)10-6-18)25-17-19-7-11-21(12-8-19)30(27,28)26-15-3-4-16-26;/h5-12H,3-4,13-17H2,1-2H3,(H2,23,24,25);1H. The van der Waals surface area contributed by atoms with E-state index in [0.29, 0.717) is 30.5 Å². The highest BCUT2D eigenvalue weighted by Crippen LogP contribution is 2.21. The maximum atomic E-state index is 12.6. The lowest BCUT2D eigenvalue weighted by molar-refractivity contribution is 0.414. The minimum absolute atomic E-state index is 0. The van der Waals surface area contributed by atoms with Crippen molar-refractivity contribution >= 4 is 40.0 Å². The highest BCUT2D eigenvalue weighted by atomic mass is 127. The van der Waals surface area contributed by atoms with Crippen molar-refractivity contribution in [3.05, 3.63) is 59.7 Å². The van der Waals surface area contributed by atoms with Crippen LogP contribution in [0.15, 0.2) is 58.4 Å². The summed E-state index contributed by atoms with van der Waals surface area (Å²) < 4.78 is 31.9. The van der Waals surface area contributed by atoms with Crippen LogP contribution in [0.1, 0.15) is 24.0 Å². The highest BCUT2D eigenvalue weighted by Gasteiger charge is 2.26. The molecule has 170 valence electrons. The molecule has 0 radical (unpaired) electrons. The number of halogens is 1. The lowest BCUT2D eigenvalue weighted by Crippen LogP contribution is -2.37. The zero-order valence-corrected chi connectivity index (χ0v) is 21.2. The minimum Gasteiger partial charge on any atom is -0.497 e. The third-order valence-electron chi connectivity index (χ3n) is 5.17. The number of methoxy groups -OCH3 is 1. The smallest absolute Gasteiger partial charge is 0.243 e. The second kappa shape index (κ2) is 12.3. The maximum absolute atomic E-state index is 12.6. The van der Waals surface area contributed by atoms with Crippen LogP contribution in [-0.4, -0.2) is 52.5 Å². The summed E-state index contributed by atoms with van der Waals surface area (Å²) in [4.78, 5) is 4.60. The zero-order valence-electron chi connectivity index (χ0n) is 18.0. The molecule has 0 unspecified atom stereocenters. The number of hydrogen-bond acceptors (Lipinski definition) is 4. The number of nitrogens with zero attached hydrogens (tertiary/aromatic N) is 2. The Kier molecular flexibility index (Phi) is 10.0. The van der Waals surface area contributed by atoms with Crippen LogP contribution in [0.5, 0.6) is 5.75 Å². The van der Waals surface area contributed by atoms with Gasteiger partial charge in [0.1, 0.15) is 5.75 Å². The average Bonchev–Trinajstić information content (AvgIpc) is 3.33. The van der Waals surface area contributed by atoms with Crippen LogP contribution >= 0.6 is 24.0 Å². The van der Waals surface area contributed by atoms with E-state index in [0.717, 1.165) is 37.1 Å². The number of sulfonamides is 1. The van der Waals surface area contributed by atoms with Gasteiger partial charge < -0.3 is 15.4 Å². The van der Waals surface area contributed by atoms with E-state index in [-0.39, 0.29) is 24.0 Å². The van der Waals surface area contributed by atoms with Crippen molar-refractivity contribution in [1.82, 2.24) is 14.9 Å². The Morgan fingerprint density at radius 2 is 1.61 bits per heavy atom. The fourth-order valence-corrected chi connectivity index (χ4v) is 4.90. The summed E-state index contributed by atoms with van der Waals surface area (Å²) in [6.07, 6.45) is 2.74. The van der Waals surface area contributed by atoms with Gasteiger partial charge in [-0.1, -0.05) is 24.3 Å². The van der Waals surface area contributed by atoms with Crippen LogP contribution < -0.4 is 15.4 Å². The Labute approximate surface area is 202 Å². The van der Waals surface area contributed by atoms with Gasteiger partial charge in [0.2, 0.25) is 10.0 Å². The lowest BCUT2D eigenvalue weighted by Gasteiger charge is -2.16. The van der Waals surface area contributed by atoms with Crippen LogP contribution in [0.3, 0.4) is 0 Å². The van der Waals surface area contributed by atoms with Crippen LogP contribution in [-0.2, 0) is 23.0 Å². The van der Waals surface area contributed by atoms with E-state index in [1.165, 1.54) is 5.56 Å². The van der Waals surface area contributed by atoms with Gasteiger partial charge in [0.15, 0.2) is 5.96 Å². The van der Waals surface area contributed by atoms with Crippen molar-refractivity contribution < 1.29 is 13.2 Å². The van der Waals surface area contributed by atoms with Gasteiger partial charge in [0, 0.05) is 33.2 Å². The molecule has 0 amide bonds. The molecule has 0 aliphatic carbocycles. The molecule has 1 saturated heterocycles. The second-order valence-corrected chi connectivity index (χ2v) is 9.14. The molecule has 2 N–H and O–H groups in total. The second-order valence-electron chi connectivity index (χ2n) is 7.21. The summed E-state index contributed by atoms with van der Waals surface area (Å²) in [6.45, 7) is 2.54. The molecule has 0 aromatic heterocycles. The maximum Gasteiger partial charge on any atom is 0.243 e. The molecule has 31 heavy (non-hydrogen) atoms. The number of hydrogen-bond donors (Lipinski definition) is 2. The normalized spacial score (nSPS) is 14.7. The van der Waals surface area contributed by atoms with Gasteiger partial charge in [0.25, 0.3) is 0 Å². The Balaban J connectivity index is 0.00000341. The molecular formula is C22H31IN4O3S. The van der Waals surface area contributed by atoms with E-state index in [1.54, 1.807) is 30.6 Å². The van der Waals surface area contributed by atoms with Crippen molar-refractivity contribution in [2.45, 2.75) is 30.7 Å². The third-order valence-corrected chi connectivity index (χ3v) is 7.09. The molecular weight excluding hydrogens is 527 g/mol.